The first kappa shape index (κ1) is 25.2. The van der Waals surface area contributed by atoms with Gasteiger partial charge in [0.25, 0.3) is 5.91 Å². The van der Waals surface area contributed by atoms with E-state index in [4.69, 9.17) is 21.1 Å². The summed E-state index contributed by atoms with van der Waals surface area (Å²) in [5.41, 5.74) is 0.468. The third-order valence-corrected chi connectivity index (χ3v) is 5.07. The van der Waals surface area contributed by atoms with Crippen molar-refractivity contribution in [1.29, 1.82) is 0 Å². The fourth-order valence-corrected chi connectivity index (χ4v) is 3.70. The van der Waals surface area contributed by atoms with Crippen molar-refractivity contribution in [2.24, 2.45) is 0 Å². The van der Waals surface area contributed by atoms with Crippen LogP contribution in [0, 0.1) is 5.82 Å². The van der Waals surface area contributed by atoms with Crippen LogP contribution in [0.15, 0.2) is 48.5 Å². The second kappa shape index (κ2) is 10.3. The van der Waals surface area contributed by atoms with Crippen LogP contribution in [0.25, 0.3) is 5.57 Å². The molecule has 1 aliphatic heterocycles. The van der Waals surface area contributed by atoms with Gasteiger partial charge in [-0.2, -0.15) is 0 Å². The zero-order valence-electron chi connectivity index (χ0n) is 19.4. The Balaban J connectivity index is 2.18. The summed E-state index contributed by atoms with van der Waals surface area (Å²) in [5.74, 6) is -1.78. The molecule has 2 aromatic carbocycles. The number of carbonyl (C=O) groups excluding carboxylic acids is 3. The number of halogens is 2. The Morgan fingerprint density at radius 1 is 1.15 bits per heavy atom. The third kappa shape index (κ3) is 5.94. The van der Waals surface area contributed by atoms with Crippen LogP contribution in [-0.4, -0.2) is 42.8 Å². The molecule has 0 fully saturated rings. The van der Waals surface area contributed by atoms with Crippen LogP contribution < -0.4 is 10.2 Å². The number of ether oxygens (including phenoxy) is 2. The number of hydrogen-bond donors (Lipinski definition) is 1. The van der Waals surface area contributed by atoms with Gasteiger partial charge in [-0.3, -0.25) is 14.5 Å². The molecule has 1 atom stereocenters. The largest absolute Gasteiger partial charge is 0.465 e. The number of alkyl carbamates (subject to hydrolysis) is 1. The summed E-state index contributed by atoms with van der Waals surface area (Å²) in [4.78, 5) is 39.6. The molecule has 0 saturated heterocycles. The highest BCUT2D eigenvalue weighted by Crippen LogP contribution is 2.38. The molecule has 2 amide bonds. The molecule has 9 heteroatoms. The van der Waals surface area contributed by atoms with Crippen molar-refractivity contribution in [2.75, 3.05) is 18.1 Å². The van der Waals surface area contributed by atoms with Gasteiger partial charge >= 0.3 is 12.1 Å². The van der Waals surface area contributed by atoms with E-state index in [0.717, 1.165) is 0 Å². The Bertz CT molecular complexity index is 1140. The molecule has 0 saturated carbocycles. The molecule has 7 nitrogen and oxygen atoms in total. The van der Waals surface area contributed by atoms with Crippen LogP contribution in [0.5, 0.6) is 0 Å². The normalized spacial score (nSPS) is 15.7. The monoisotopic (exact) mass is 488 g/mol. The Labute approximate surface area is 202 Å². The van der Waals surface area contributed by atoms with Gasteiger partial charge < -0.3 is 14.8 Å². The molecule has 3 rings (SSSR count). The number of anilines is 1. The number of fused-ring (bicyclic) bond motifs is 1. The van der Waals surface area contributed by atoms with Crippen molar-refractivity contribution in [2.45, 2.75) is 39.3 Å². The van der Waals surface area contributed by atoms with E-state index in [-0.39, 0.29) is 12.2 Å². The second-order valence-electron chi connectivity index (χ2n) is 8.57. The van der Waals surface area contributed by atoms with E-state index in [1.165, 1.54) is 17.0 Å². The fourth-order valence-electron chi connectivity index (χ4n) is 3.52. The molecule has 0 bridgehead atoms. The first-order valence-corrected chi connectivity index (χ1v) is 11.1. The number of benzene rings is 2. The maximum Gasteiger partial charge on any atom is 0.408 e. The van der Waals surface area contributed by atoms with Crippen LogP contribution in [0.4, 0.5) is 14.9 Å². The molecule has 2 aromatic rings. The van der Waals surface area contributed by atoms with Crippen molar-refractivity contribution in [3.63, 3.8) is 0 Å². The van der Waals surface area contributed by atoms with E-state index in [1.54, 1.807) is 64.1 Å². The topological polar surface area (TPSA) is 84.9 Å². The Kier molecular flexibility index (Phi) is 7.61. The summed E-state index contributed by atoms with van der Waals surface area (Å²) >= 11 is 6.25. The lowest BCUT2D eigenvalue weighted by Crippen LogP contribution is -2.50. The van der Waals surface area contributed by atoms with E-state index in [0.29, 0.717) is 21.8 Å². The number of rotatable bonds is 5. The molecule has 1 unspecified atom stereocenters. The molecule has 1 heterocycles. The van der Waals surface area contributed by atoms with Gasteiger partial charge in [-0.1, -0.05) is 29.8 Å². The first-order valence-electron chi connectivity index (χ1n) is 10.7. The number of nitrogens with zero attached hydrogens (tertiary/aromatic N) is 1. The van der Waals surface area contributed by atoms with E-state index < -0.39 is 42.0 Å². The van der Waals surface area contributed by atoms with Gasteiger partial charge in [0.1, 0.15) is 24.0 Å². The minimum Gasteiger partial charge on any atom is -0.465 e. The lowest BCUT2D eigenvalue weighted by molar-refractivity contribution is -0.142. The molecule has 1 N–H and O–H groups in total. The predicted octanol–water partition coefficient (Wildman–Crippen LogP) is 4.71. The minimum absolute atomic E-state index is 0.132. The van der Waals surface area contributed by atoms with Crippen LogP contribution >= 0.6 is 11.6 Å². The fraction of sp³-hybridized carbons (Fsp3) is 0.320. The molecule has 180 valence electrons. The predicted molar refractivity (Wildman–Crippen MR) is 127 cm³/mol. The Morgan fingerprint density at radius 2 is 1.85 bits per heavy atom. The van der Waals surface area contributed by atoms with E-state index in [1.807, 2.05) is 0 Å². The van der Waals surface area contributed by atoms with Gasteiger partial charge in [0, 0.05) is 16.1 Å². The van der Waals surface area contributed by atoms with Gasteiger partial charge in [0.2, 0.25) is 0 Å². The van der Waals surface area contributed by atoms with Crippen molar-refractivity contribution in [3.8, 4) is 0 Å². The maximum atomic E-state index is 14.9. The maximum absolute atomic E-state index is 14.9. The van der Waals surface area contributed by atoms with Gasteiger partial charge in [-0.25, -0.2) is 9.18 Å². The molecule has 0 aromatic heterocycles. The number of amides is 2. The van der Waals surface area contributed by atoms with Crippen molar-refractivity contribution >= 4 is 40.8 Å². The highest BCUT2D eigenvalue weighted by molar-refractivity contribution is 6.31. The number of nitrogens with one attached hydrogen (secondary N) is 1. The van der Waals surface area contributed by atoms with Crippen LogP contribution in [0.1, 0.15) is 38.8 Å². The minimum atomic E-state index is -1.26. The van der Waals surface area contributed by atoms with E-state index in [2.05, 4.69) is 5.32 Å². The summed E-state index contributed by atoms with van der Waals surface area (Å²) in [5, 5.41) is 2.88. The highest BCUT2D eigenvalue weighted by atomic mass is 35.5. The molecule has 0 spiro atoms. The van der Waals surface area contributed by atoms with E-state index in [9.17, 15) is 18.8 Å². The second-order valence-corrected chi connectivity index (χ2v) is 9.01. The van der Waals surface area contributed by atoms with Crippen molar-refractivity contribution < 1.29 is 28.2 Å². The van der Waals surface area contributed by atoms with Gasteiger partial charge in [0.05, 0.1) is 12.3 Å². The zero-order chi connectivity index (χ0) is 25.0. The van der Waals surface area contributed by atoms with E-state index >= 15 is 0 Å². The summed E-state index contributed by atoms with van der Waals surface area (Å²) in [6.07, 6.45) is 0.598. The quantitative estimate of drug-likeness (QED) is 0.616. The number of esters is 1. The van der Waals surface area contributed by atoms with Crippen LogP contribution in [0.3, 0.4) is 0 Å². The summed E-state index contributed by atoms with van der Waals surface area (Å²) in [6.45, 7) is 6.44. The Morgan fingerprint density at radius 3 is 2.50 bits per heavy atom. The lowest BCUT2D eigenvalue weighted by atomic mass is 9.95. The standard InChI is InChI=1S/C25H26ClFN2O5/c1-5-33-22(30)14-29-21-11-10-15(26)12-18(21)17(16-8-6-7-9-19(16)27)13-20(23(29)31)28-24(32)34-25(2,3)4/h6-13,20H,5,14H2,1-4H3,(H,28,32). The molecular weight excluding hydrogens is 463 g/mol. The van der Waals surface area contributed by atoms with Gasteiger partial charge in [0.15, 0.2) is 0 Å². The van der Waals surface area contributed by atoms with Crippen LogP contribution in [0.2, 0.25) is 5.02 Å². The molecule has 1 aliphatic rings. The number of carbonyl (C=O) groups is 3. The highest BCUT2D eigenvalue weighted by Gasteiger charge is 2.34. The number of hydrogen-bond acceptors (Lipinski definition) is 5. The Hall–Kier alpha value is -3.39. The SMILES string of the molecule is CCOC(=O)CN1C(=O)C(NC(=O)OC(C)(C)C)C=C(c2ccccc2F)c2cc(Cl)ccc21. The summed E-state index contributed by atoms with van der Waals surface area (Å²) in [7, 11) is 0. The molecular formula is C25H26ClFN2O5. The smallest absolute Gasteiger partial charge is 0.408 e. The summed E-state index contributed by atoms with van der Waals surface area (Å²) < 4.78 is 25.2. The molecule has 34 heavy (non-hydrogen) atoms. The molecule has 0 radical (unpaired) electrons. The molecule has 0 aliphatic carbocycles. The lowest BCUT2D eigenvalue weighted by Gasteiger charge is -2.26. The zero-order valence-corrected chi connectivity index (χ0v) is 20.1. The summed E-state index contributed by atoms with van der Waals surface area (Å²) in [6, 6.07) is 9.50. The first-order chi connectivity index (χ1) is 16.0. The average molecular weight is 489 g/mol. The van der Waals surface area contributed by atoms with Crippen molar-refractivity contribution in [1.82, 2.24) is 5.32 Å². The third-order valence-electron chi connectivity index (χ3n) is 4.83. The van der Waals surface area contributed by atoms with Crippen molar-refractivity contribution in [3.05, 3.63) is 70.5 Å². The average Bonchev–Trinajstić information content (AvgIpc) is 2.83. The van der Waals surface area contributed by atoms with Gasteiger partial charge in [-0.05, 0) is 63.6 Å². The van der Waals surface area contributed by atoms with Crippen LogP contribution in [-0.2, 0) is 19.1 Å². The van der Waals surface area contributed by atoms with Gasteiger partial charge in [-0.15, -0.1) is 0 Å².